The molecular formula is C16H13ClO4S. The molecule has 0 saturated carbocycles. The van der Waals surface area contributed by atoms with Gasteiger partial charge in [-0.05, 0) is 24.3 Å². The van der Waals surface area contributed by atoms with Crippen molar-refractivity contribution in [3.8, 4) is 5.75 Å². The second-order valence-electron chi connectivity index (χ2n) is 4.21. The molecule has 0 amide bonds. The normalized spacial score (nSPS) is 10.6. The predicted octanol–water partition coefficient (Wildman–Crippen LogP) is 3.85. The molecule has 0 aliphatic heterocycles. The zero-order valence-electron chi connectivity index (χ0n) is 11.7. The molecule has 0 unspecified atom stereocenters. The predicted molar refractivity (Wildman–Crippen MR) is 86.6 cm³/mol. The molecule has 0 N–H and O–H groups in total. The summed E-state index contributed by atoms with van der Waals surface area (Å²) in [7, 11) is 1.55. The second-order valence-corrected chi connectivity index (χ2v) is 5.93. The topological polar surface area (TPSA) is 52.6 Å². The highest BCUT2D eigenvalue weighted by Crippen LogP contribution is 2.22. The van der Waals surface area contributed by atoms with Crippen molar-refractivity contribution in [1.29, 1.82) is 0 Å². The summed E-state index contributed by atoms with van der Waals surface area (Å²) in [5.74, 6) is -0.228. The Labute approximate surface area is 136 Å². The van der Waals surface area contributed by atoms with Crippen LogP contribution in [0.5, 0.6) is 5.75 Å². The number of hydrogen-bond donors (Lipinski definition) is 0. The molecule has 6 heteroatoms. The maximum Gasteiger partial charge on any atom is 0.331 e. The molecule has 0 bridgehead atoms. The Kier molecular flexibility index (Phi) is 5.75. The first kappa shape index (κ1) is 16.3. The molecule has 0 aliphatic rings. The molecule has 0 atom stereocenters. The first-order valence-corrected chi connectivity index (χ1v) is 7.56. The summed E-state index contributed by atoms with van der Waals surface area (Å²) in [5.41, 5.74) is 0.748. The molecule has 0 aliphatic carbocycles. The third-order valence-electron chi connectivity index (χ3n) is 2.73. The zero-order valence-corrected chi connectivity index (χ0v) is 13.3. The van der Waals surface area contributed by atoms with Gasteiger partial charge < -0.3 is 9.47 Å². The summed E-state index contributed by atoms with van der Waals surface area (Å²) in [6.45, 7) is -0.314. The van der Waals surface area contributed by atoms with Gasteiger partial charge in [0.2, 0.25) is 5.78 Å². The maximum absolute atomic E-state index is 11.8. The number of esters is 1. The van der Waals surface area contributed by atoms with Crippen LogP contribution >= 0.6 is 22.9 Å². The van der Waals surface area contributed by atoms with Crippen LogP contribution in [0, 0.1) is 0 Å². The molecule has 1 aromatic carbocycles. The van der Waals surface area contributed by atoms with Gasteiger partial charge in [-0.2, -0.15) is 0 Å². The van der Waals surface area contributed by atoms with Crippen LogP contribution in [-0.2, 0) is 9.53 Å². The minimum Gasteiger partial charge on any atom is -0.496 e. The average Bonchev–Trinajstić information content (AvgIpc) is 2.97. The summed E-state index contributed by atoms with van der Waals surface area (Å²) in [4.78, 5) is 23.9. The van der Waals surface area contributed by atoms with E-state index in [0.29, 0.717) is 15.0 Å². The summed E-state index contributed by atoms with van der Waals surface area (Å²) in [6.07, 6.45) is 2.83. The number of methoxy groups -OCH3 is 1. The number of ketones is 1. The number of carbonyl (C=O) groups is 2. The van der Waals surface area contributed by atoms with Crippen molar-refractivity contribution >= 4 is 40.8 Å². The fraction of sp³-hybridized carbons (Fsp3) is 0.125. The Balaban J connectivity index is 1.90. The number of ether oxygens (including phenoxy) is 2. The summed E-state index contributed by atoms with van der Waals surface area (Å²) in [6, 6.07) is 10.5. The lowest BCUT2D eigenvalue weighted by Crippen LogP contribution is -2.11. The van der Waals surface area contributed by atoms with Crippen LogP contribution in [-0.4, -0.2) is 25.5 Å². The zero-order chi connectivity index (χ0) is 15.9. The number of rotatable bonds is 6. The fourth-order valence-electron chi connectivity index (χ4n) is 1.68. The number of hydrogen-bond acceptors (Lipinski definition) is 5. The Hall–Kier alpha value is -2.11. The minimum atomic E-state index is -0.595. The van der Waals surface area contributed by atoms with Crippen molar-refractivity contribution in [1.82, 2.24) is 0 Å². The third kappa shape index (κ3) is 4.44. The molecular weight excluding hydrogens is 324 g/mol. The highest BCUT2D eigenvalue weighted by Gasteiger charge is 2.11. The molecule has 114 valence electrons. The summed E-state index contributed by atoms with van der Waals surface area (Å²) < 4.78 is 10.6. The first-order chi connectivity index (χ1) is 10.6. The molecule has 0 spiro atoms. The Bertz CT molecular complexity index is 706. The maximum atomic E-state index is 11.8. The Morgan fingerprint density at radius 1 is 1.23 bits per heavy atom. The molecule has 0 radical (unpaired) electrons. The number of Topliss-reactive ketones (excluding diaryl/α,β-unsaturated/α-hetero) is 1. The number of carbonyl (C=O) groups excluding carboxylic acids is 2. The molecule has 1 heterocycles. The molecule has 0 saturated heterocycles. The van der Waals surface area contributed by atoms with Crippen LogP contribution in [0.1, 0.15) is 15.2 Å². The molecule has 1 aromatic heterocycles. The smallest absolute Gasteiger partial charge is 0.331 e. The highest BCUT2D eigenvalue weighted by molar-refractivity contribution is 7.18. The summed E-state index contributed by atoms with van der Waals surface area (Å²) in [5, 5.41) is 0. The van der Waals surface area contributed by atoms with Crippen molar-refractivity contribution in [3.63, 3.8) is 0 Å². The lowest BCUT2D eigenvalue weighted by molar-refractivity contribution is -0.136. The lowest BCUT2D eigenvalue weighted by Gasteiger charge is -2.03. The van der Waals surface area contributed by atoms with E-state index in [4.69, 9.17) is 21.1 Å². The van der Waals surface area contributed by atoms with E-state index < -0.39 is 5.97 Å². The van der Waals surface area contributed by atoms with Crippen LogP contribution in [0.2, 0.25) is 4.34 Å². The van der Waals surface area contributed by atoms with Crippen LogP contribution < -0.4 is 4.74 Å². The van der Waals surface area contributed by atoms with Gasteiger partial charge in [0.15, 0.2) is 6.61 Å². The SMILES string of the molecule is COc1ccccc1C=CC(=O)OCC(=O)c1ccc(Cl)s1. The van der Waals surface area contributed by atoms with Gasteiger partial charge in [-0.25, -0.2) is 4.79 Å². The van der Waals surface area contributed by atoms with E-state index in [1.807, 2.05) is 12.1 Å². The van der Waals surface area contributed by atoms with Gasteiger partial charge in [-0.1, -0.05) is 29.8 Å². The van der Waals surface area contributed by atoms with Crippen LogP contribution in [0.15, 0.2) is 42.5 Å². The average molecular weight is 337 g/mol. The van der Waals surface area contributed by atoms with Gasteiger partial charge in [-0.15, -0.1) is 11.3 Å². The molecule has 4 nitrogen and oxygen atoms in total. The fourth-order valence-corrected chi connectivity index (χ4v) is 2.65. The quantitative estimate of drug-likeness (QED) is 0.457. The highest BCUT2D eigenvalue weighted by atomic mass is 35.5. The van der Waals surface area contributed by atoms with E-state index in [0.717, 1.165) is 16.9 Å². The third-order valence-corrected chi connectivity index (χ3v) is 4.00. The van der Waals surface area contributed by atoms with E-state index in [9.17, 15) is 9.59 Å². The van der Waals surface area contributed by atoms with Crippen molar-refractivity contribution in [2.45, 2.75) is 0 Å². The van der Waals surface area contributed by atoms with Crippen LogP contribution in [0.3, 0.4) is 0 Å². The van der Waals surface area contributed by atoms with Gasteiger partial charge in [0, 0.05) is 11.6 Å². The van der Waals surface area contributed by atoms with Gasteiger partial charge in [0.05, 0.1) is 16.3 Å². The number of thiophene rings is 1. The lowest BCUT2D eigenvalue weighted by atomic mass is 10.2. The Morgan fingerprint density at radius 3 is 2.68 bits per heavy atom. The summed E-state index contributed by atoms with van der Waals surface area (Å²) >= 11 is 6.90. The Morgan fingerprint density at radius 2 is 2.00 bits per heavy atom. The monoisotopic (exact) mass is 336 g/mol. The number of benzene rings is 1. The van der Waals surface area contributed by atoms with Crippen molar-refractivity contribution < 1.29 is 19.1 Å². The van der Waals surface area contributed by atoms with Gasteiger partial charge in [-0.3, -0.25) is 4.79 Å². The number of halogens is 1. The largest absolute Gasteiger partial charge is 0.496 e. The van der Waals surface area contributed by atoms with Gasteiger partial charge in [0.25, 0.3) is 0 Å². The van der Waals surface area contributed by atoms with Gasteiger partial charge in [0.1, 0.15) is 5.75 Å². The molecule has 2 aromatic rings. The van der Waals surface area contributed by atoms with E-state index in [1.54, 1.807) is 37.5 Å². The molecule has 22 heavy (non-hydrogen) atoms. The minimum absolute atomic E-state index is 0.282. The van der Waals surface area contributed by atoms with E-state index in [1.165, 1.54) is 6.08 Å². The van der Waals surface area contributed by atoms with E-state index in [2.05, 4.69) is 0 Å². The van der Waals surface area contributed by atoms with Crippen LogP contribution in [0.25, 0.3) is 6.08 Å². The van der Waals surface area contributed by atoms with E-state index in [-0.39, 0.29) is 12.4 Å². The van der Waals surface area contributed by atoms with Crippen molar-refractivity contribution in [3.05, 3.63) is 57.3 Å². The first-order valence-electron chi connectivity index (χ1n) is 6.36. The van der Waals surface area contributed by atoms with E-state index >= 15 is 0 Å². The number of para-hydroxylation sites is 1. The van der Waals surface area contributed by atoms with Crippen molar-refractivity contribution in [2.24, 2.45) is 0 Å². The van der Waals surface area contributed by atoms with Gasteiger partial charge >= 0.3 is 5.97 Å². The van der Waals surface area contributed by atoms with Crippen molar-refractivity contribution in [2.75, 3.05) is 13.7 Å². The molecule has 0 fully saturated rings. The second kappa shape index (κ2) is 7.77. The standard InChI is InChI=1S/C16H13ClO4S/c1-20-13-5-3-2-4-11(13)6-9-16(19)21-10-12(18)14-7-8-15(17)22-14/h2-9H,10H2,1H3. The van der Waals surface area contributed by atoms with Crippen LogP contribution in [0.4, 0.5) is 0 Å². The molecule has 2 rings (SSSR count).